The van der Waals surface area contributed by atoms with E-state index in [0.29, 0.717) is 6.04 Å². The number of aryl methyl sites for hydroxylation is 1. The normalized spacial score (nSPS) is 12.4. The smallest absolute Gasteiger partial charge is 0.123 e. The molecule has 1 aromatic carbocycles. The molecule has 2 rings (SSSR count). The summed E-state index contributed by atoms with van der Waals surface area (Å²) in [7, 11) is 1.72. The van der Waals surface area contributed by atoms with Gasteiger partial charge in [-0.1, -0.05) is 25.1 Å². The Morgan fingerprint density at radius 1 is 1.37 bits per heavy atom. The van der Waals surface area contributed by atoms with Crippen LogP contribution in [0.15, 0.2) is 29.6 Å². The highest BCUT2D eigenvalue weighted by molar-refractivity contribution is 7.09. The van der Waals surface area contributed by atoms with E-state index in [-0.39, 0.29) is 0 Å². The summed E-state index contributed by atoms with van der Waals surface area (Å²) in [6.45, 7) is 5.00. The molecule has 1 heterocycles. The number of ether oxygens (including phenoxy) is 1. The fourth-order valence-electron chi connectivity index (χ4n) is 2.12. The zero-order valence-corrected chi connectivity index (χ0v) is 12.5. The lowest BCUT2D eigenvalue weighted by Gasteiger charge is -2.19. The van der Waals surface area contributed by atoms with Gasteiger partial charge in [-0.25, -0.2) is 4.98 Å². The number of methoxy groups -OCH3 is 1. The molecule has 4 heteroatoms. The van der Waals surface area contributed by atoms with Gasteiger partial charge in [0.25, 0.3) is 0 Å². The van der Waals surface area contributed by atoms with Gasteiger partial charge in [0.15, 0.2) is 0 Å². The summed E-state index contributed by atoms with van der Waals surface area (Å²) >= 11 is 1.70. The minimum atomic E-state index is 0.292. The summed E-state index contributed by atoms with van der Waals surface area (Å²) in [5.74, 6) is 0.942. The Labute approximate surface area is 118 Å². The van der Waals surface area contributed by atoms with Gasteiger partial charge in [-0.2, -0.15) is 0 Å². The molecule has 0 saturated carbocycles. The van der Waals surface area contributed by atoms with E-state index in [1.807, 2.05) is 19.1 Å². The summed E-state index contributed by atoms with van der Waals surface area (Å²) in [6, 6.07) is 8.47. The largest absolute Gasteiger partial charge is 0.496 e. The van der Waals surface area contributed by atoms with Crippen LogP contribution in [0.3, 0.4) is 0 Å². The minimum Gasteiger partial charge on any atom is -0.496 e. The van der Waals surface area contributed by atoms with Crippen LogP contribution in [0.4, 0.5) is 0 Å². The van der Waals surface area contributed by atoms with E-state index in [0.717, 1.165) is 29.4 Å². The third-order valence-electron chi connectivity index (χ3n) is 3.09. The van der Waals surface area contributed by atoms with Crippen molar-refractivity contribution in [1.82, 2.24) is 10.3 Å². The molecule has 1 unspecified atom stereocenters. The average Bonchev–Trinajstić information content (AvgIpc) is 2.86. The molecule has 0 radical (unpaired) electrons. The Morgan fingerprint density at radius 2 is 2.16 bits per heavy atom. The minimum absolute atomic E-state index is 0.292. The zero-order chi connectivity index (χ0) is 13.7. The number of benzene rings is 1. The first-order valence-corrected chi connectivity index (χ1v) is 7.39. The van der Waals surface area contributed by atoms with Gasteiger partial charge in [0.05, 0.1) is 7.11 Å². The summed E-state index contributed by atoms with van der Waals surface area (Å²) in [4.78, 5) is 4.48. The molecule has 102 valence electrons. The molecule has 0 aliphatic rings. The molecule has 1 aromatic heterocycles. The third-order valence-corrected chi connectivity index (χ3v) is 4.06. The number of nitrogens with zero attached hydrogens (tertiary/aromatic N) is 1. The van der Waals surface area contributed by atoms with E-state index in [1.165, 1.54) is 5.56 Å². The molecular formula is C15H20N2OS. The first-order chi connectivity index (χ1) is 9.24. The van der Waals surface area contributed by atoms with Crippen LogP contribution in [-0.2, 0) is 6.54 Å². The highest BCUT2D eigenvalue weighted by atomic mass is 32.1. The van der Waals surface area contributed by atoms with Crippen molar-refractivity contribution in [2.45, 2.75) is 32.9 Å². The Bertz CT molecular complexity index is 524. The number of thiazole rings is 1. The van der Waals surface area contributed by atoms with Crippen molar-refractivity contribution in [3.8, 4) is 5.75 Å². The van der Waals surface area contributed by atoms with Crippen molar-refractivity contribution in [2.24, 2.45) is 0 Å². The van der Waals surface area contributed by atoms with Gasteiger partial charge in [-0.3, -0.25) is 0 Å². The van der Waals surface area contributed by atoms with Gasteiger partial charge in [0, 0.05) is 29.2 Å². The fourth-order valence-corrected chi connectivity index (χ4v) is 2.85. The van der Waals surface area contributed by atoms with Crippen LogP contribution >= 0.6 is 11.3 Å². The van der Waals surface area contributed by atoms with Crippen LogP contribution in [0, 0.1) is 6.92 Å². The highest BCUT2D eigenvalue weighted by Crippen LogP contribution is 2.27. The van der Waals surface area contributed by atoms with Gasteiger partial charge >= 0.3 is 0 Å². The molecular weight excluding hydrogens is 256 g/mol. The number of hydrogen-bond acceptors (Lipinski definition) is 4. The van der Waals surface area contributed by atoms with Crippen molar-refractivity contribution in [2.75, 3.05) is 7.11 Å². The van der Waals surface area contributed by atoms with E-state index in [2.05, 4.69) is 34.7 Å². The van der Waals surface area contributed by atoms with Crippen molar-refractivity contribution < 1.29 is 4.74 Å². The zero-order valence-electron chi connectivity index (χ0n) is 11.6. The van der Waals surface area contributed by atoms with E-state index >= 15 is 0 Å². The van der Waals surface area contributed by atoms with Crippen molar-refractivity contribution in [1.29, 1.82) is 0 Å². The summed E-state index contributed by atoms with van der Waals surface area (Å²) in [6.07, 6.45) is 1.02. The van der Waals surface area contributed by atoms with E-state index < -0.39 is 0 Å². The predicted octanol–water partition coefficient (Wildman–Crippen LogP) is 3.70. The Morgan fingerprint density at radius 3 is 2.79 bits per heavy atom. The molecule has 0 bridgehead atoms. The number of hydrogen-bond donors (Lipinski definition) is 1. The summed E-state index contributed by atoms with van der Waals surface area (Å²) in [5, 5.41) is 6.77. The summed E-state index contributed by atoms with van der Waals surface area (Å²) in [5.41, 5.74) is 2.30. The molecule has 1 N–H and O–H groups in total. The molecule has 0 saturated heterocycles. The average molecular weight is 276 g/mol. The first-order valence-electron chi connectivity index (χ1n) is 6.52. The van der Waals surface area contributed by atoms with Crippen molar-refractivity contribution in [3.63, 3.8) is 0 Å². The van der Waals surface area contributed by atoms with Crippen LogP contribution in [-0.4, -0.2) is 12.1 Å². The molecule has 1 atom stereocenters. The lowest BCUT2D eigenvalue weighted by Crippen LogP contribution is -2.20. The Balaban J connectivity index is 2.07. The molecule has 0 aliphatic heterocycles. The Hall–Kier alpha value is -1.39. The maximum atomic E-state index is 5.43. The van der Waals surface area contributed by atoms with Crippen LogP contribution in [0.5, 0.6) is 5.75 Å². The molecule has 0 spiro atoms. The second-order valence-electron chi connectivity index (χ2n) is 4.47. The van der Waals surface area contributed by atoms with Crippen LogP contribution < -0.4 is 10.1 Å². The van der Waals surface area contributed by atoms with Crippen LogP contribution in [0.2, 0.25) is 0 Å². The number of aromatic nitrogens is 1. The highest BCUT2D eigenvalue weighted by Gasteiger charge is 2.13. The maximum Gasteiger partial charge on any atom is 0.123 e. The third kappa shape index (κ3) is 3.55. The van der Waals surface area contributed by atoms with Crippen molar-refractivity contribution in [3.05, 3.63) is 45.9 Å². The Kier molecular flexibility index (Phi) is 4.93. The van der Waals surface area contributed by atoms with Crippen LogP contribution in [0.1, 0.15) is 35.7 Å². The fraction of sp³-hybridized carbons (Fsp3) is 0.400. The van der Waals surface area contributed by atoms with E-state index in [1.54, 1.807) is 18.4 Å². The molecule has 3 nitrogen and oxygen atoms in total. The number of nitrogens with one attached hydrogen (secondary N) is 1. The topological polar surface area (TPSA) is 34.2 Å². The van der Waals surface area contributed by atoms with Gasteiger partial charge in [-0.15, -0.1) is 11.3 Å². The van der Waals surface area contributed by atoms with Crippen molar-refractivity contribution >= 4 is 11.3 Å². The maximum absolute atomic E-state index is 5.43. The van der Waals surface area contributed by atoms with E-state index in [9.17, 15) is 0 Å². The number of para-hydroxylation sites is 1. The predicted molar refractivity (Wildman–Crippen MR) is 79.7 cm³/mol. The van der Waals surface area contributed by atoms with Gasteiger partial charge < -0.3 is 10.1 Å². The second-order valence-corrected chi connectivity index (χ2v) is 5.41. The number of rotatable bonds is 6. The molecule has 0 aliphatic carbocycles. The van der Waals surface area contributed by atoms with Gasteiger partial charge in [0.2, 0.25) is 0 Å². The molecule has 19 heavy (non-hydrogen) atoms. The summed E-state index contributed by atoms with van der Waals surface area (Å²) < 4.78 is 5.43. The standard InChI is InChI=1S/C15H20N2OS/c1-4-13(12-7-5-6-8-14(12)18-3)16-9-15-17-11(2)10-19-15/h5-8,10,13,16H,4,9H2,1-3H3. The SMILES string of the molecule is CCC(NCc1nc(C)cs1)c1ccccc1OC. The molecule has 0 fully saturated rings. The molecule has 0 amide bonds. The van der Waals surface area contributed by atoms with Gasteiger partial charge in [0.1, 0.15) is 10.8 Å². The lowest BCUT2D eigenvalue weighted by atomic mass is 10.0. The monoisotopic (exact) mass is 276 g/mol. The van der Waals surface area contributed by atoms with E-state index in [4.69, 9.17) is 4.74 Å². The van der Waals surface area contributed by atoms with Gasteiger partial charge in [-0.05, 0) is 19.4 Å². The quantitative estimate of drug-likeness (QED) is 0.873. The lowest BCUT2D eigenvalue weighted by molar-refractivity contribution is 0.396. The van der Waals surface area contributed by atoms with Crippen LogP contribution in [0.25, 0.3) is 0 Å². The first kappa shape index (κ1) is 14.0. The second kappa shape index (κ2) is 6.68. The molecule has 2 aromatic rings.